The van der Waals surface area contributed by atoms with E-state index < -0.39 is 10.0 Å². The predicted octanol–water partition coefficient (Wildman–Crippen LogP) is 1.15. The maximum Gasteiger partial charge on any atom is 0.251 e. The van der Waals surface area contributed by atoms with Crippen molar-refractivity contribution in [1.29, 1.82) is 0 Å². The summed E-state index contributed by atoms with van der Waals surface area (Å²) in [6.07, 6.45) is 1.35. The van der Waals surface area contributed by atoms with Gasteiger partial charge in [0, 0.05) is 32.4 Å². The number of sulfonamides is 1. The second-order valence-corrected chi connectivity index (χ2v) is 6.60. The van der Waals surface area contributed by atoms with Gasteiger partial charge in [-0.1, -0.05) is 6.92 Å². The molecule has 1 aromatic carbocycles. The number of nitrogens with one attached hydrogen (secondary N) is 2. The number of rotatable bonds is 10. The minimum absolute atomic E-state index is 0.0435. The summed E-state index contributed by atoms with van der Waals surface area (Å²) in [5.41, 5.74) is 0.264. The van der Waals surface area contributed by atoms with E-state index in [2.05, 4.69) is 10.0 Å². The second-order valence-electron chi connectivity index (χ2n) is 4.87. The van der Waals surface area contributed by atoms with Gasteiger partial charge in [0.25, 0.3) is 5.91 Å². The van der Waals surface area contributed by atoms with Crippen LogP contribution < -0.4 is 14.8 Å². The topological polar surface area (TPSA) is 93.7 Å². The van der Waals surface area contributed by atoms with E-state index in [-0.39, 0.29) is 22.1 Å². The van der Waals surface area contributed by atoms with E-state index in [1.54, 1.807) is 7.11 Å². The Labute approximate surface area is 137 Å². The standard InChI is InChI=1S/C15H24N2O5S/c1-4-8-17-23(19,20)14-11-12(6-7-13(14)22-3)15(18)16-9-5-10-21-2/h6-7,11,17H,4-5,8-10H2,1-3H3,(H,16,18). The van der Waals surface area contributed by atoms with Crippen molar-refractivity contribution < 1.29 is 22.7 Å². The van der Waals surface area contributed by atoms with E-state index in [9.17, 15) is 13.2 Å². The molecular weight excluding hydrogens is 320 g/mol. The van der Waals surface area contributed by atoms with Crippen LogP contribution in [0.1, 0.15) is 30.1 Å². The molecule has 0 fully saturated rings. The molecule has 0 aliphatic heterocycles. The van der Waals surface area contributed by atoms with Gasteiger partial charge in [0.2, 0.25) is 10.0 Å². The Morgan fingerprint density at radius 3 is 2.57 bits per heavy atom. The number of amides is 1. The van der Waals surface area contributed by atoms with Crippen LogP contribution in [-0.4, -0.2) is 48.2 Å². The van der Waals surface area contributed by atoms with Gasteiger partial charge in [0.05, 0.1) is 7.11 Å². The van der Waals surface area contributed by atoms with Crippen LogP contribution in [0.2, 0.25) is 0 Å². The molecule has 23 heavy (non-hydrogen) atoms. The van der Waals surface area contributed by atoms with Gasteiger partial charge >= 0.3 is 0 Å². The lowest BCUT2D eigenvalue weighted by molar-refractivity contribution is 0.0948. The first-order valence-corrected chi connectivity index (χ1v) is 8.89. The highest BCUT2D eigenvalue weighted by atomic mass is 32.2. The quantitative estimate of drug-likeness (QED) is 0.621. The summed E-state index contributed by atoms with van der Waals surface area (Å²) in [6.45, 7) is 3.18. The molecule has 0 aliphatic rings. The summed E-state index contributed by atoms with van der Waals surface area (Å²) in [5, 5.41) is 2.72. The molecule has 0 saturated heterocycles. The summed E-state index contributed by atoms with van der Waals surface area (Å²) < 4.78 is 37.1. The molecule has 0 radical (unpaired) electrons. The zero-order valence-corrected chi connectivity index (χ0v) is 14.5. The molecule has 1 rings (SSSR count). The highest BCUT2D eigenvalue weighted by molar-refractivity contribution is 7.89. The van der Waals surface area contributed by atoms with Gasteiger partial charge in [-0.25, -0.2) is 13.1 Å². The van der Waals surface area contributed by atoms with Crippen molar-refractivity contribution in [3.8, 4) is 5.75 Å². The highest BCUT2D eigenvalue weighted by Gasteiger charge is 2.21. The van der Waals surface area contributed by atoms with Gasteiger partial charge in [0.1, 0.15) is 10.6 Å². The van der Waals surface area contributed by atoms with Gasteiger partial charge in [-0.2, -0.15) is 0 Å². The van der Waals surface area contributed by atoms with E-state index in [1.165, 1.54) is 25.3 Å². The van der Waals surface area contributed by atoms with Gasteiger partial charge in [0.15, 0.2) is 0 Å². The Morgan fingerprint density at radius 2 is 1.96 bits per heavy atom. The average Bonchev–Trinajstić information content (AvgIpc) is 2.56. The molecule has 1 amide bonds. The zero-order valence-electron chi connectivity index (χ0n) is 13.7. The van der Waals surface area contributed by atoms with Gasteiger partial charge in [-0.3, -0.25) is 4.79 Å². The SMILES string of the molecule is CCCNS(=O)(=O)c1cc(C(=O)NCCCOC)ccc1OC. The third kappa shape index (κ3) is 5.81. The van der Waals surface area contributed by atoms with Gasteiger partial charge in [-0.05, 0) is 31.0 Å². The van der Waals surface area contributed by atoms with Crippen molar-refractivity contribution in [2.75, 3.05) is 33.9 Å². The number of methoxy groups -OCH3 is 2. The first kappa shape index (κ1) is 19.4. The molecule has 0 aromatic heterocycles. The highest BCUT2D eigenvalue weighted by Crippen LogP contribution is 2.24. The van der Waals surface area contributed by atoms with Crippen molar-refractivity contribution in [1.82, 2.24) is 10.0 Å². The smallest absolute Gasteiger partial charge is 0.251 e. The lowest BCUT2D eigenvalue weighted by Gasteiger charge is -2.12. The average molecular weight is 344 g/mol. The van der Waals surface area contributed by atoms with Crippen LogP contribution in [0.25, 0.3) is 0 Å². The number of hydrogen-bond acceptors (Lipinski definition) is 5. The van der Waals surface area contributed by atoms with E-state index in [0.29, 0.717) is 32.5 Å². The van der Waals surface area contributed by atoms with Crippen molar-refractivity contribution in [2.24, 2.45) is 0 Å². The molecule has 0 aliphatic carbocycles. The number of carbonyl (C=O) groups is 1. The molecule has 7 nitrogen and oxygen atoms in total. The number of hydrogen-bond donors (Lipinski definition) is 2. The Bertz CT molecular complexity index is 616. The first-order valence-electron chi connectivity index (χ1n) is 7.41. The summed E-state index contributed by atoms with van der Waals surface area (Å²) in [4.78, 5) is 12.0. The number of ether oxygens (including phenoxy) is 2. The van der Waals surface area contributed by atoms with Crippen LogP contribution in [0, 0.1) is 0 Å². The summed E-state index contributed by atoms with van der Waals surface area (Å²) in [5.74, 6) is -0.139. The van der Waals surface area contributed by atoms with E-state index in [4.69, 9.17) is 9.47 Å². The van der Waals surface area contributed by atoms with E-state index >= 15 is 0 Å². The predicted molar refractivity (Wildman–Crippen MR) is 87.3 cm³/mol. The maximum absolute atomic E-state index is 12.3. The van der Waals surface area contributed by atoms with Crippen LogP contribution in [0.3, 0.4) is 0 Å². The molecule has 1 aromatic rings. The Hall–Kier alpha value is -1.64. The van der Waals surface area contributed by atoms with Crippen LogP contribution in [0.4, 0.5) is 0 Å². The van der Waals surface area contributed by atoms with E-state index in [0.717, 1.165) is 0 Å². The monoisotopic (exact) mass is 344 g/mol. The Kier molecular flexibility index (Phi) is 8.01. The van der Waals surface area contributed by atoms with Crippen LogP contribution >= 0.6 is 0 Å². The molecule has 0 atom stereocenters. The van der Waals surface area contributed by atoms with Crippen molar-refractivity contribution in [3.63, 3.8) is 0 Å². The lowest BCUT2D eigenvalue weighted by atomic mass is 10.2. The fraction of sp³-hybridized carbons (Fsp3) is 0.533. The van der Waals surface area contributed by atoms with E-state index in [1.807, 2.05) is 6.92 Å². The summed E-state index contributed by atoms with van der Waals surface area (Å²) in [6, 6.07) is 4.33. The lowest BCUT2D eigenvalue weighted by Crippen LogP contribution is -2.27. The fourth-order valence-electron chi connectivity index (χ4n) is 1.86. The van der Waals surface area contributed by atoms with Crippen molar-refractivity contribution in [2.45, 2.75) is 24.7 Å². The van der Waals surface area contributed by atoms with Crippen LogP contribution in [0.15, 0.2) is 23.1 Å². The molecule has 0 heterocycles. The Balaban J connectivity index is 2.96. The van der Waals surface area contributed by atoms with Gasteiger partial charge < -0.3 is 14.8 Å². The molecule has 0 bridgehead atoms. The van der Waals surface area contributed by atoms with Crippen LogP contribution in [-0.2, 0) is 14.8 Å². The summed E-state index contributed by atoms with van der Waals surface area (Å²) >= 11 is 0. The third-order valence-electron chi connectivity index (χ3n) is 3.07. The number of carbonyl (C=O) groups excluding carboxylic acids is 1. The summed E-state index contributed by atoms with van der Waals surface area (Å²) in [7, 11) is -0.749. The fourth-order valence-corrected chi connectivity index (χ4v) is 3.19. The van der Waals surface area contributed by atoms with Crippen molar-refractivity contribution >= 4 is 15.9 Å². The molecule has 8 heteroatoms. The molecule has 0 unspecified atom stereocenters. The second kappa shape index (κ2) is 9.49. The largest absolute Gasteiger partial charge is 0.495 e. The third-order valence-corrected chi connectivity index (χ3v) is 4.55. The molecular formula is C15H24N2O5S. The maximum atomic E-state index is 12.3. The van der Waals surface area contributed by atoms with Crippen molar-refractivity contribution in [3.05, 3.63) is 23.8 Å². The molecule has 0 spiro atoms. The molecule has 0 saturated carbocycles. The molecule has 2 N–H and O–H groups in total. The minimum Gasteiger partial charge on any atom is -0.495 e. The Morgan fingerprint density at radius 1 is 1.22 bits per heavy atom. The van der Waals surface area contributed by atoms with Gasteiger partial charge in [-0.15, -0.1) is 0 Å². The minimum atomic E-state index is -3.73. The molecule has 130 valence electrons. The zero-order chi connectivity index (χ0) is 17.3. The van der Waals surface area contributed by atoms with Crippen LogP contribution in [0.5, 0.6) is 5.75 Å². The number of benzene rings is 1. The first-order chi connectivity index (χ1) is 11.0. The normalized spacial score (nSPS) is 11.3.